The molecule has 1 aromatic heterocycles. The highest BCUT2D eigenvalue weighted by molar-refractivity contribution is 5.97. The molecule has 0 saturated carbocycles. The number of piperazine rings is 1. The summed E-state index contributed by atoms with van der Waals surface area (Å²) in [6.07, 6.45) is -4.49. The molecule has 2 amide bonds. The second-order valence-corrected chi connectivity index (χ2v) is 6.36. The second-order valence-electron chi connectivity index (χ2n) is 6.36. The van der Waals surface area contributed by atoms with E-state index < -0.39 is 40.5 Å². The molecule has 0 spiro atoms. The molecule has 1 aliphatic rings. The Kier molecular flexibility index (Phi) is 5.18. The van der Waals surface area contributed by atoms with Gasteiger partial charge in [-0.1, -0.05) is 0 Å². The van der Waals surface area contributed by atoms with Crippen molar-refractivity contribution in [3.8, 4) is 0 Å². The Morgan fingerprint density at radius 2 is 1.41 bits per heavy atom. The summed E-state index contributed by atoms with van der Waals surface area (Å²) in [5.74, 6) is -1.12. The van der Waals surface area contributed by atoms with Gasteiger partial charge in [0, 0.05) is 31.7 Å². The number of alkyl halides is 3. The highest BCUT2D eigenvalue weighted by Gasteiger charge is 2.31. The van der Waals surface area contributed by atoms with Crippen molar-refractivity contribution in [2.45, 2.75) is 6.18 Å². The van der Waals surface area contributed by atoms with Crippen LogP contribution in [0.1, 0.15) is 26.4 Å². The van der Waals surface area contributed by atoms with E-state index in [2.05, 4.69) is 4.98 Å². The Hall–Kier alpha value is -3.57. The summed E-state index contributed by atoms with van der Waals surface area (Å²) in [6.45, 7) is 0.441. The van der Waals surface area contributed by atoms with Crippen molar-refractivity contribution in [1.82, 2.24) is 19.8 Å². The third-order valence-corrected chi connectivity index (χ3v) is 4.51. The molecule has 1 fully saturated rings. The molecule has 2 aromatic rings. The first-order chi connectivity index (χ1) is 13.6. The lowest BCUT2D eigenvalue weighted by Gasteiger charge is -2.34. The van der Waals surface area contributed by atoms with Crippen LogP contribution in [0.25, 0.3) is 0 Å². The number of amides is 2. The Labute approximate surface area is 160 Å². The minimum absolute atomic E-state index is 0.0967. The number of aromatic amines is 2. The van der Waals surface area contributed by atoms with Crippen molar-refractivity contribution in [2.24, 2.45) is 0 Å². The largest absolute Gasteiger partial charge is 0.416 e. The third kappa shape index (κ3) is 4.15. The number of hydrogen-bond acceptors (Lipinski definition) is 5. The number of halogens is 3. The molecule has 0 bridgehead atoms. The van der Waals surface area contributed by atoms with Crippen LogP contribution in [0.15, 0.2) is 33.9 Å². The van der Waals surface area contributed by atoms with E-state index in [1.54, 1.807) is 0 Å². The molecule has 3 rings (SSSR count). The first kappa shape index (κ1) is 20.2. The summed E-state index contributed by atoms with van der Waals surface area (Å²) >= 11 is 0. The van der Waals surface area contributed by atoms with E-state index in [-0.39, 0.29) is 37.4 Å². The van der Waals surface area contributed by atoms with E-state index in [1.165, 1.54) is 9.80 Å². The minimum Gasteiger partial charge on any atom is -0.392 e. The number of anilines is 1. The number of nitrogens with two attached hydrogens (primary N) is 1. The van der Waals surface area contributed by atoms with Crippen LogP contribution >= 0.6 is 0 Å². The van der Waals surface area contributed by atoms with Crippen LogP contribution in [0, 0.1) is 0 Å². The Morgan fingerprint density at radius 1 is 0.897 bits per heavy atom. The molecular weight excluding hydrogens is 395 g/mol. The van der Waals surface area contributed by atoms with Gasteiger partial charge in [0.1, 0.15) is 11.4 Å². The number of rotatable bonds is 2. The van der Waals surface area contributed by atoms with Crippen molar-refractivity contribution in [3.63, 3.8) is 0 Å². The standard InChI is InChI=1S/C17H16F3N5O4/c18-17(19,20)10-3-1-9(2-4-10)14(27)24-5-7-25(8-6-24)15(28)12-11(21)13(26)23-16(29)22-12/h1-4H,5-8,21H2,(H2,22,23,26,29). The molecule has 154 valence electrons. The molecule has 4 N–H and O–H groups in total. The molecule has 1 aliphatic heterocycles. The fraction of sp³-hybridized carbons (Fsp3) is 0.294. The first-order valence-corrected chi connectivity index (χ1v) is 8.46. The topological polar surface area (TPSA) is 132 Å². The number of nitrogens with one attached hydrogen (secondary N) is 2. The molecule has 12 heteroatoms. The van der Waals surface area contributed by atoms with Gasteiger partial charge in [0.05, 0.1) is 5.56 Å². The normalized spacial score (nSPS) is 14.7. The highest BCUT2D eigenvalue weighted by Crippen LogP contribution is 2.29. The van der Waals surface area contributed by atoms with Gasteiger partial charge < -0.3 is 20.5 Å². The summed E-state index contributed by atoms with van der Waals surface area (Å²) in [6, 6.07) is 3.87. The smallest absolute Gasteiger partial charge is 0.392 e. The molecule has 2 heterocycles. The number of carbonyl (C=O) groups is 2. The number of H-pyrrole nitrogens is 2. The molecular formula is C17H16F3N5O4. The van der Waals surface area contributed by atoms with Gasteiger partial charge in [0.25, 0.3) is 17.4 Å². The zero-order valence-electron chi connectivity index (χ0n) is 14.9. The van der Waals surface area contributed by atoms with Crippen LogP contribution in [0.3, 0.4) is 0 Å². The number of nitrogens with zero attached hydrogens (tertiary/aromatic N) is 2. The molecule has 0 aliphatic carbocycles. The van der Waals surface area contributed by atoms with Crippen molar-refractivity contribution in [1.29, 1.82) is 0 Å². The first-order valence-electron chi connectivity index (χ1n) is 8.46. The van der Waals surface area contributed by atoms with Gasteiger partial charge in [0.15, 0.2) is 0 Å². The lowest BCUT2D eigenvalue weighted by Crippen LogP contribution is -2.51. The second kappa shape index (κ2) is 7.45. The molecule has 0 atom stereocenters. The molecule has 0 unspecified atom stereocenters. The number of hydrogen-bond donors (Lipinski definition) is 3. The number of aromatic nitrogens is 2. The van der Waals surface area contributed by atoms with E-state index >= 15 is 0 Å². The number of carbonyl (C=O) groups excluding carboxylic acids is 2. The molecule has 9 nitrogen and oxygen atoms in total. The molecule has 1 aromatic carbocycles. The molecule has 0 radical (unpaired) electrons. The van der Waals surface area contributed by atoms with Gasteiger partial charge in [-0.2, -0.15) is 13.2 Å². The predicted molar refractivity (Wildman–Crippen MR) is 95.3 cm³/mol. The van der Waals surface area contributed by atoms with Gasteiger partial charge >= 0.3 is 11.9 Å². The van der Waals surface area contributed by atoms with Crippen LogP contribution in [0.4, 0.5) is 18.9 Å². The minimum atomic E-state index is -4.49. The van der Waals surface area contributed by atoms with E-state index in [4.69, 9.17) is 5.73 Å². The van der Waals surface area contributed by atoms with Gasteiger partial charge in [-0.25, -0.2) is 4.79 Å². The van der Waals surface area contributed by atoms with Crippen LogP contribution in [0.2, 0.25) is 0 Å². The number of benzene rings is 1. The van der Waals surface area contributed by atoms with Crippen LogP contribution in [0.5, 0.6) is 0 Å². The fourth-order valence-electron chi connectivity index (χ4n) is 2.92. The lowest BCUT2D eigenvalue weighted by molar-refractivity contribution is -0.137. The molecule has 29 heavy (non-hydrogen) atoms. The van der Waals surface area contributed by atoms with Crippen LogP contribution in [-0.4, -0.2) is 57.8 Å². The van der Waals surface area contributed by atoms with Crippen molar-refractivity contribution in [3.05, 3.63) is 61.9 Å². The predicted octanol–water partition coefficient (Wildman–Crippen LogP) is 0.262. The quantitative estimate of drug-likeness (QED) is 0.652. The van der Waals surface area contributed by atoms with Crippen LogP contribution in [-0.2, 0) is 6.18 Å². The maximum atomic E-state index is 12.6. The number of nitrogen functional groups attached to an aromatic ring is 1. The van der Waals surface area contributed by atoms with Crippen molar-refractivity contribution < 1.29 is 22.8 Å². The average molecular weight is 411 g/mol. The van der Waals surface area contributed by atoms with Gasteiger partial charge in [0.2, 0.25) is 0 Å². The maximum Gasteiger partial charge on any atom is 0.416 e. The van der Waals surface area contributed by atoms with E-state index in [0.29, 0.717) is 0 Å². The summed E-state index contributed by atoms with van der Waals surface area (Å²) in [5, 5.41) is 0. The van der Waals surface area contributed by atoms with Crippen molar-refractivity contribution in [2.75, 3.05) is 31.9 Å². The summed E-state index contributed by atoms with van der Waals surface area (Å²) < 4.78 is 37.9. The zero-order chi connectivity index (χ0) is 21.3. The zero-order valence-corrected chi connectivity index (χ0v) is 14.9. The fourth-order valence-corrected chi connectivity index (χ4v) is 2.92. The molecule has 1 saturated heterocycles. The Morgan fingerprint density at radius 3 is 1.93 bits per heavy atom. The maximum absolute atomic E-state index is 12.6. The third-order valence-electron chi connectivity index (χ3n) is 4.51. The summed E-state index contributed by atoms with van der Waals surface area (Å²) in [5.41, 5.74) is 2.29. The highest BCUT2D eigenvalue weighted by atomic mass is 19.4. The monoisotopic (exact) mass is 411 g/mol. The van der Waals surface area contributed by atoms with E-state index in [9.17, 15) is 32.3 Å². The Bertz CT molecular complexity index is 1050. The SMILES string of the molecule is Nc1c(C(=O)N2CCN(C(=O)c3ccc(C(F)(F)F)cc3)CC2)[nH]c(=O)[nH]c1=O. The van der Waals surface area contributed by atoms with Gasteiger partial charge in [-0.3, -0.25) is 19.4 Å². The Balaban J connectivity index is 1.67. The van der Waals surface area contributed by atoms with Gasteiger partial charge in [-0.15, -0.1) is 0 Å². The average Bonchev–Trinajstić information content (AvgIpc) is 2.69. The van der Waals surface area contributed by atoms with Gasteiger partial charge in [-0.05, 0) is 24.3 Å². The summed E-state index contributed by atoms with van der Waals surface area (Å²) in [7, 11) is 0. The van der Waals surface area contributed by atoms with E-state index in [1.807, 2.05) is 4.98 Å². The lowest BCUT2D eigenvalue weighted by atomic mass is 10.1. The van der Waals surface area contributed by atoms with Crippen molar-refractivity contribution >= 4 is 17.5 Å². The van der Waals surface area contributed by atoms with E-state index in [0.717, 1.165) is 24.3 Å². The summed E-state index contributed by atoms with van der Waals surface area (Å²) in [4.78, 5) is 54.7. The van der Waals surface area contributed by atoms with Crippen LogP contribution < -0.4 is 17.0 Å².